The molecule has 0 N–H and O–H groups in total. The first-order chi connectivity index (χ1) is 16.1. The first kappa shape index (κ1) is 23.6. The van der Waals surface area contributed by atoms with Crippen molar-refractivity contribution in [3.8, 4) is 0 Å². The lowest BCUT2D eigenvalue weighted by molar-refractivity contribution is -0.384. The molecule has 34 heavy (non-hydrogen) atoms. The Kier molecular flexibility index (Phi) is 6.28. The average molecular weight is 489 g/mol. The summed E-state index contributed by atoms with van der Waals surface area (Å²) in [5, 5.41) is 10.9. The Labute approximate surface area is 195 Å². The predicted molar refractivity (Wildman–Crippen MR) is 123 cm³/mol. The normalized spacial score (nSPS) is 15.2. The third kappa shape index (κ3) is 4.46. The molecule has 11 nitrogen and oxygen atoms in total. The Balaban J connectivity index is 1.43. The minimum Gasteiger partial charge on any atom is -0.407 e. The molecule has 1 saturated heterocycles. The van der Waals surface area contributed by atoms with E-state index in [0.717, 1.165) is 16.2 Å². The fourth-order valence-electron chi connectivity index (χ4n) is 3.91. The van der Waals surface area contributed by atoms with Gasteiger partial charge in [0.25, 0.3) is 5.69 Å². The van der Waals surface area contributed by atoms with Crippen LogP contribution in [0.2, 0.25) is 0 Å². The van der Waals surface area contributed by atoms with Gasteiger partial charge in [-0.15, -0.1) is 0 Å². The molecule has 2 aromatic carbocycles. The van der Waals surface area contributed by atoms with Crippen molar-refractivity contribution >= 4 is 32.7 Å². The molecule has 3 aromatic rings. The van der Waals surface area contributed by atoms with Gasteiger partial charge in [-0.2, -0.15) is 4.31 Å². The Morgan fingerprint density at radius 1 is 1.09 bits per heavy atom. The van der Waals surface area contributed by atoms with Crippen LogP contribution in [0, 0.1) is 10.1 Å². The lowest BCUT2D eigenvalue weighted by Gasteiger charge is -2.34. The molecule has 12 heteroatoms. The third-order valence-electron chi connectivity index (χ3n) is 5.93. The highest BCUT2D eigenvalue weighted by Crippen LogP contribution is 2.22. The zero-order valence-electron chi connectivity index (χ0n) is 18.7. The smallest absolute Gasteiger partial charge is 0.407 e. The van der Waals surface area contributed by atoms with Crippen LogP contribution in [0.4, 0.5) is 5.69 Å². The molecule has 1 amide bonds. The summed E-state index contributed by atoms with van der Waals surface area (Å²) in [6, 6.07) is 10.5. The van der Waals surface area contributed by atoms with Crippen molar-refractivity contribution in [3.63, 3.8) is 0 Å². The number of aromatic nitrogens is 1. The highest BCUT2D eigenvalue weighted by Gasteiger charge is 2.30. The molecule has 0 atom stereocenters. The van der Waals surface area contributed by atoms with E-state index in [-0.39, 0.29) is 60.3 Å². The molecule has 1 aliphatic heterocycles. The predicted octanol–water partition coefficient (Wildman–Crippen LogP) is 2.16. The molecule has 0 unspecified atom stereocenters. The van der Waals surface area contributed by atoms with E-state index in [2.05, 4.69) is 0 Å². The van der Waals surface area contributed by atoms with Crippen molar-refractivity contribution in [2.75, 3.05) is 26.2 Å². The second kappa shape index (κ2) is 9.03. The Bertz CT molecular complexity index is 1400. The van der Waals surface area contributed by atoms with Gasteiger partial charge in [0.2, 0.25) is 15.9 Å². The van der Waals surface area contributed by atoms with Crippen molar-refractivity contribution < 1.29 is 22.6 Å². The van der Waals surface area contributed by atoms with E-state index in [1.54, 1.807) is 24.3 Å². The summed E-state index contributed by atoms with van der Waals surface area (Å²) in [7, 11) is -3.68. The minimum absolute atomic E-state index is 0.0198. The number of fused-ring (bicyclic) bond motifs is 1. The van der Waals surface area contributed by atoms with Crippen LogP contribution in [0.15, 0.2) is 56.6 Å². The van der Waals surface area contributed by atoms with E-state index >= 15 is 0 Å². The number of benzene rings is 2. The summed E-state index contributed by atoms with van der Waals surface area (Å²) in [5.41, 5.74) is 1.11. The lowest BCUT2D eigenvalue weighted by atomic mass is 10.0. The van der Waals surface area contributed by atoms with E-state index in [1.165, 1.54) is 21.3 Å². The van der Waals surface area contributed by atoms with Crippen LogP contribution in [-0.2, 0) is 21.4 Å². The number of carbonyl (C=O) groups is 1. The van der Waals surface area contributed by atoms with Gasteiger partial charge in [0.05, 0.1) is 21.4 Å². The summed E-state index contributed by atoms with van der Waals surface area (Å²) in [4.78, 5) is 37.0. The van der Waals surface area contributed by atoms with Crippen molar-refractivity contribution in [1.29, 1.82) is 0 Å². The van der Waals surface area contributed by atoms with E-state index in [1.807, 2.05) is 13.8 Å². The molecule has 0 aliphatic carbocycles. The van der Waals surface area contributed by atoms with Gasteiger partial charge in [-0.3, -0.25) is 19.5 Å². The number of nitro benzene ring substituents is 1. The van der Waals surface area contributed by atoms with E-state index in [9.17, 15) is 28.1 Å². The van der Waals surface area contributed by atoms with Gasteiger partial charge in [-0.25, -0.2) is 13.2 Å². The zero-order valence-corrected chi connectivity index (χ0v) is 19.5. The second-order valence-electron chi connectivity index (χ2n) is 8.37. The molecule has 0 bridgehead atoms. The molecular formula is C22H24N4O7S. The van der Waals surface area contributed by atoms with E-state index in [4.69, 9.17) is 4.42 Å². The topological polar surface area (TPSA) is 136 Å². The van der Waals surface area contributed by atoms with Gasteiger partial charge >= 0.3 is 5.76 Å². The highest BCUT2D eigenvalue weighted by atomic mass is 32.2. The van der Waals surface area contributed by atoms with Crippen LogP contribution in [0.3, 0.4) is 0 Å². The number of sulfonamides is 1. The minimum atomic E-state index is -3.68. The number of rotatable bonds is 6. The molecule has 180 valence electrons. The van der Waals surface area contributed by atoms with Crippen LogP contribution in [-0.4, -0.2) is 59.2 Å². The molecule has 0 saturated carbocycles. The molecule has 1 fully saturated rings. The Morgan fingerprint density at radius 2 is 1.74 bits per heavy atom. The maximum atomic E-state index is 13.0. The summed E-state index contributed by atoms with van der Waals surface area (Å²) in [6.45, 7) is 4.37. The number of carbonyl (C=O) groups excluding carboxylic acids is 1. The molecule has 2 heterocycles. The van der Waals surface area contributed by atoms with Crippen LogP contribution in [0.1, 0.15) is 25.3 Å². The number of hydrogen-bond donors (Lipinski definition) is 0. The molecule has 1 aromatic heterocycles. The SMILES string of the molecule is CC(C)c1ccc(S(=O)(=O)N2CCN(C(=O)Cn3c(=O)oc4cc([N+](=O)[O-])ccc43)CC2)cc1. The summed E-state index contributed by atoms with van der Waals surface area (Å²) < 4.78 is 33.5. The van der Waals surface area contributed by atoms with E-state index in [0.29, 0.717) is 5.92 Å². The lowest BCUT2D eigenvalue weighted by Crippen LogP contribution is -2.51. The summed E-state index contributed by atoms with van der Waals surface area (Å²) in [5.74, 6) is -0.877. The highest BCUT2D eigenvalue weighted by molar-refractivity contribution is 7.89. The average Bonchev–Trinajstić information content (AvgIpc) is 3.13. The number of oxazole rings is 1. The van der Waals surface area contributed by atoms with Crippen molar-refractivity contribution in [2.24, 2.45) is 0 Å². The quantitative estimate of drug-likeness (QED) is 0.383. The Morgan fingerprint density at radius 3 is 2.32 bits per heavy atom. The molecular weight excluding hydrogens is 464 g/mol. The number of piperazine rings is 1. The molecule has 0 spiro atoms. The molecule has 1 aliphatic rings. The van der Waals surface area contributed by atoms with Crippen molar-refractivity contribution in [2.45, 2.75) is 31.2 Å². The van der Waals surface area contributed by atoms with Crippen LogP contribution < -0.4 is 5.76 Å². The summed E-state index contributed by atoms with van der Waals surface area (Å²) in [6.07, 6.45) is 0. The number of amides is 1. The fourth-order valence-corrected chi connectivity index (χ4v) is 5.33. The Hall–Kier alpha value is -3.51. The first-order valence-corrected chi connectivity index (χ1v) is 12.2. The first-order valence-electron chi connectivity index (χ1n) is 10.7. The zero-order chi connectivity index (χ0) is 24.6. The van der Waals surface area contributed by atoms with Gasteiger partial charge in [0.15, 0.2) is 5.58 Å². The van der Waals surface area contributed by atoms with Crippen molar-refractivity contribution in [3.05, 3.63) is 68.7 Å². The van der Waals surface area contributed by atoms with Gasteiger partial charge < -0.3 is 9.32 Å². The largest absolute Gasteiger partial charge is 0.420 e. The van der Waals surface area contributed by atoms with Gasteiger partial charge in [-0.05, 0) is 29.7 Å². The number of nitro groups is 1. The molecule has 4 rings (SSSR count). The standard InChI is InChI=1S/C22H24N4O7S/c1-15(2)16-3-6-18(7-4-16)34(31,32)24-11-9-23(10-12-24)21(27)14-25-19-8-5-17(26(29)30)13-20(19)33-22(25)28/h3-8,13,15H,9-12,14H2,1-2H3. The monoisotopic (exact) mass is 488 g/mol. The van der Waals surface area contributed by atoms with Crippen LogP contribution in [0.25, 0.3) is 11.1 Å². The van der Waals surface area contributed by atoms with Crippen LogP contribution in [0.5, 0.6) is 0 Å². The maximum absolute atomic E-state index is 13.0. The van der Waals surface area contributed by atoms with Gasteiger partial charge in [0, 0.05) is 32.2 Å². The summed E-state index contributed by atoms with van der Waals surface area (Å²) >= 11 is 0. The number of hydrogen-bond acceptors (Lipinski definition) is 7. The van der Waals surface area contributed by atoms with Crippen molar-refractivity contribution in [1.82, 2.24) is 13.8 Å². The van der Waals surface area contributed by atoms with Gasteiger partial charge in [-0.1, -0.05) is 26.0 Å². The maximum Gasteiger partial charge on any atom is 0.420 e. The van der Waals surface area contributed by atoms with E-state index < -0.39 is 20.7 Å². The van der Waals surface area contributed by atoms with Gasteiger partial charge in [0.1, 0.15) is 6.54 Å². The fraction of sp³-hybridized carbons (Fsp3) is 0.364. The third-order valence-corrected chi connectivity index (χ3v) is 7.84. The molecule has 0 radical (unpaired) electrons. The second-order valence-corrected chi connectivity index (χ2v) is 10.3. The van der Waals surface area contributed by atoms with Crippen LogP contribution >= 0.6 is 0 Å². The number of non-ortho nitro benzene ring substituents is 1. The number of nitrogens with zero attached hydrogens (tertiary/aromatic N) is 4.